The van der Waals surface area contributed by atoms with Gasteiger partial charge in [-0.15, -0.1) is 0 Å². The van der Waals surface area contributed by atoms with Crippen molar-refractivity contribution in [3.63, 3.8) is 0 Å². The van der Waals surface area contributed by atoms with Crippen LogP contribution in [0.4, 0.5) is 5.69 Å². The minimum atomic E-state index is -0.817. The summed E-state index contributed by atoms with van der Waals surface area (Å²) in [5.41, 5.74) is 7.08. The molecule has 17 heteroatoms. The summed E-state index contributed by atoms with van der Waals surface area (Å²) < 4.78 is 6.30. The lowest BCUT2D eigenvalue weighted by molar-refractivity contribution is -0.136. The van der Waals surface area contributed by atoms with Gasteiger partial charge < -0.3 is 30.2 Å². The number of aromatic nitrogens is 1. The lowest BCUT2D eigenvalue weighted by atomic mass is 9.53. The molecule has 3 aromatic rings. The number of amidine groups is 1. The standard InChI is InChI=1S/C29H38N8O5.C18H20N2O2/c1-34(24-5-7-26(39)33-28(24)41)29(42)22-16-21(3-2-20(22)18-38)36-14-12-35(13-15-36)17-19-8-10-37(11-9-19)25(31)6-4-23(30)27(32)40;1-17(2)10-18(3,4)16(17)22-13-7-5-11(9-19)15-12(13)6-8-14(21)20-15/h2-4,6,16,18-19,24,30-31H,5,7-15,17H2,1H3,(H2,32,40)(H,33,39,41);5-8,16H,10H2,1-4H3,(H,20,21)/b6-4-,30-23?,31-25?;. The molecule has 64 heavy (non-hydrogen) atoms. The van der Waals surface area contributed by atoms with Crippen molar-refractivity contribution in [2.75, 3.05) is 57.8 Å². The minimum Gasteiger partial charge on any atom is -0.489 e. The number of anilines is 1. The zero-order valence-electron chi connectivity index (χ0n) is 37.2. The molecule has 1 aliphatic carbocycles. The van der Waals surface area contributed by atoms with E-state index in [1.165, 1.54) is 30.2 Å². The highest BCUT2D eigenvalue weighted by atomic mass is 16.5. The van der Waals surface area contributed by atoms with Crippen LogP contribution in [0.5, 0.6) is 5.75 Å². The van der Waals surface area contributed by atoms with E-state index in [-0.39, 0.29) is 63.9 Å². The van der Waals surface area contributed by atoms with Crippen molar-refractivity contribution >= 4 is 58.1 Å². The van der Waals surface area contributed by atoms with E-state index >= 15 is 0 Å². The summed E-state index contributed by atoms with van der Waals surface area (Å²) in [5.74, 6) is -0.621. The molecule has 3 saturated heterocycles. The average Bonchev–Trinajstić information content (AvgIpc) is 3.26. The number of primary amides is 1. The fourth-order valence-electron chi connectivity index (χ4n) is 9.82. The minimum absolute atomic E-state index is 0.100. The molecule has 4 aliphatic rings. The molecule has 2 aromatic carbocycles. The van der Waals surface area contributed by atoms with Crippen molar-refractivity contribution < 1.29 is 28.7 Å². The molecular weight excluding hydrogens is 817 g/mol. The number of carbonyl (C=O) groups is 5. The van der Waals surface area contributed by atoms with Crippen LogP contribution in [0, 0.1) is 38.9 Å². The van der Waals surface area contributed by atoms with E-state index in [0.29, 0.717) is 23.3 Å². The number of carbonyl (C=O) groups excluding carboxylic acids is 5. The number of hydrogen-bond acceptors (Lipinski definition) is 12. The molecule has 0 spiro atoms. The lowest BCUT2D eigenvalue weighted by Crippen LogP contribution is -2.58. The molecule has 17 nitrogen and oxygen atoms in total. The highest BCUT2D eigenvalue weighted by molar-refractivity contribution is 6.42. The summed E-state index contributed by atoms with van der Waals surface area (Å²) in [6.07, 6.45) is 6.85. The average molecular weight is 875 g/mol. The first kappa shape index (κ1) is 46.8. The SMILES string of the molecule is CC1(C)CC(C)(C)C1Oc1ccc(C#N)c2[nH]c(=O)ccc12.CN(C(=O)c1cc(N2CCN(CC3CCN(C(=N)/C=C\C(=N)C(N)=O)CC3)CC2)ccc1C=O)C1CCC(=O)NC1=O. The molecular formula is C47H58N10O7. The van der Waals surface area contributed by atoms with Crippen LogP contribution in [0.25, 0.3) is 10.9 Å². The maximum absolute atomic E-state index is 13.3. The Balaban J connectivity index is 0.000000258. The highest BCUT2D eigenvalue weighted by Crippen LogP contribution is 2.55. The van der Waals surface area contributed by atoms with E-state index in [9.17, 15) is 34.0 Å². The van der Waals surface area contributed by atoms with Crippen LogP contribution in [0.15, 0.2) is 59.4 Å². The van der Waals surface area contributed by atoms with E-state index in [4.69, 9.17) is 21.3 Å². The number of likely N-dealkylation sites (N-methyl/N-ethyl adjacent to an activating group) is 1. The van der Waals surface area contributed by atoms with Crippen LogP contribution in [0.1, 0.15) is 86.1 Å². The van der Waals surface area contributed by atoms with E-state index in [2.05, 4.69) is 53.9 Å². The molecule has 0 bridgehead atoms. The number of aromatic amines is 1. The second-order valence-corrected chi connectivity index (χ2v) is 18.5. The first-order valence-electron chi connectivity index (χ1n) is 21.6. The zero-order chi connectivity index (χ0) is 46.5. The number of nitriles is 1. The number of imide groups is 1. The van der Waals surface area contributed by atoms with Gasteiger partial charge in [0.25, 0.3) is 11.8 Å². The molecule has 0 radical (unpaired) electrons. The molecule has 6 N–H and O–H groups in total. The molecule has 4 fully saturated rings. The number of pyridine rings is 1. The van der Waals surface area contributed by atoms with Gasteiger partial charge in [0.2, 0.25) is 17.4 Å². The number of nitrogens with zero attached hydrogens (tertiary/aromatic N) is 5. The smallest absolute Gasteiger partial charge is 0.266 e. The maximum atomic E-state index is 13.3. The molecule has 7 rings (SSSR count). The van der Waals surface area contributed by atoms with Crippen LogP contribution < -0.4 is 26.2 Å². The van der Waals surface area contributed by atoms with Crippen LogP contribution in [0.2, 0.25) is 0 Å². The summed E-state index contributed by atoms with van der Waals surface area (Å²) in [6, 6.07) is 13.2. The Morgan fingerprint density at radius 2 is 1.64 bits per heavy atom. The van der Waals surface area contributed by atoms with Gasteiger partial charge in [0.15, 0.2) is 6.29 Å². The van der Waals surface area contributed by atoms with Gasteiger partial charge in [-0.2, -0.15) is 5.26 Å². The molecule has 1 saturated carbocycles. The van der Waals surface area contributed by atoms with Crippen molar-refractivity contribution in [1.82, 2.24) is 25.0 Å². The molecule has 1 aromatic heterocycles. The number of aldehydes is 1. The Kier molecular flexibility index (Phi) is 14.2. The van der Waals surface area contributed by atoms with Crippen molar-refractivity contribution in [3.05, 3.63) is 81.7 Å². The number of piperazine rings is 1. The van der Waals surface area contributed by atoms with Gasteiger partial charge in [0.1, 0.15) is 35.5 Å². The van der Waals surface area contributed by atoms with Crippen LogP contribution in [-0.2, 0) is 14.4 Å². The van der Waals surface area contributed by atoms with E-state index in [1.807, 2.05) is 17.0 Å². The second-order valence-electron chi connectivity index (χ2n) is 18.5. The highest BCUT2D eigenvalue weighted by Gasteiger charge is 2.55. The third-order valence-electron chi connectivity index (χ3n) is 12.8. The quantitative estimate of drug-likeness (QED) is 0.0801. The van der Waals surface area contributed by atoms with Crippen LogP contribution >= 0.6 is 0 Å². The third kappa shape index (κ3) is 10.6. The van der Waals surface area contributed by atoms with Crippen molar-refractivity contribution in [3.8, 4) is 11.8 Å². The Labute approximate surface area is 372 Å². The van der Waals surface area contributed by atoms with Gasteiger partial charge in [-0.05, 0) is 80.2 Å². The van der Waals surface area contributed by atoms with Crippen LogP contribution in [0.3, 0.4) is 0 Å². The topological polar surface area (TPSA) is 250 Å². The summed E-state index contributed by atoms with van der Waals surface area (Å²) in [6.45, 7) is 14.5. The number of H-pyrrole nitrogens is 1. The van der Waals surface area contributed by atoms with Gasteiger partial charge >= 0.3 is 0 Å². The van der Waals surface area contributed by atoms with E-state index in [0.717, 1.165) is 81.9 Å². The van der Waals surface area contributed by atoms with Crippen molar-refractivity contribution in [2.45, 2.75) is 71.9 Å². The Hall–Kier alpha value is -6.67. The number of hydrogen-bond donors (Lipinski definition) is 5. The predicted octanol–water partition coefficient (Wildman–Crippen LogP) is 3.85. The number of nitrogens with one attached hydrogen (secondary N) is 4. The third-order valence-corrected chi connectivity index (χ3v) is 12.8. The molecule has 4 amide bonds. The Morgan fingerprint density at radius 1 is 0.953 bits per heavy atom. The number of fused-ring (bicyclic) bond motifs is 1. The molecule has 3 aliphatic heterocycles. The molecule has 1 atom stereocenters. The predicted molar refractivity (Wildman–Crippen MR) is 243 cm³/mol. The fraction of sp³-hybridized carbons (Fsp3) is 0.468. The zero-order valence-corrected chi connectivity index (χ0v) is 37.2. The largest absolute Gasteiger partial charge is 0.489 e. The van der Waals surface area contributed by atoms with Gasteiger partial charge in [0, 0.05) is 92.8 Å². The lowest BCUT2D eigenvalue weighted by Gasteiger charge is -2.56. The van der Waals surface area contributed by atoms with E-state index < -0.39 is 23.8 Å². The summed E-state index contributed by atoms with van der Waals surface area (Å²) in [5, 5.41) is 27.9. The van der Waals surface area contributed by atoms with Crippen molar-refractivity contribution in [2.24, 2.45) is 22.5 Å². The number of benzene rings is 2. The molecule has 4 heterocycles. The Morgan fingerprint density at radius 3 is 2.25 bits per heavy atom. The number of nitrogens with two attached hydrogens (primary N) is 1. The van der Waals surface area contributed by atoms with Crippen molar-refractivity contribution in [1.29, 1.82) is 16.1 Å². The first-order valence-corrected chi connectivity index (χ1v) is 21.6. The Bertz CT molecular complexity index is 2460. The maximum Gasteiger partial charge on any atom is 0.266 e. The van der Waals surface area contributed by atoms with E-state index in [1.54, 1.807) is 24.3 Å². The summed E-state index contributed by atoms with van der Waals surface area (Å²) >= 11 is 0. The number of piperidine rings is 2. The van der Waals surface area contributed by atoms with Gasteiger partial charge in [-0.1, -0.05) is 27.7 Å². The van der Waals surface area contributed by atoms with Gasteiger partial charge in [-0.25, -0.2) is 0 Å². The normalized spacial score (nSPS) is 20.0. The number of rotatable bonds is 11. The number of ether oxygens (including phenoxy) is 1. The summed E-state index contributed by atoms with van der Waals surface area (Å²) in [7, 11) is 1.52. The molecule has 1 unspecified atom stereocenters. The first-order chi connectivity index (χ1) is 30.3. The van der Waals surface area contributed by atoms with Crippen LogP contribution in [-0.4, -0.2) is 126 Å². The second kappa shape index (κ2) is 19.4. The van der Waals surface area contributed by atoms with Gasteiger partial charge in [-0.3, -0.25) is 49.8 Å². The fourth-order valence-corrected chi connectivity index (χ4v) is 9.82. The number of amides is 4. The number of likely N-dealkylation sites (tertiary alicyclic amines) is 1. The van der Waals surface area contributed by atoms with Gasteiger partial charge in [0.05, 0.1) is 16.6 Å². The summed E-state index contributed by atoms with van der Waals surface area (Å²) in [4.78, 5) is 82.0. The monoisotopic (exact) mass is 874 g/mol. The molecule has 338 valence electrons.